The summed E-state index contributed by atoms with van der Waals surface area (Å²) in [4.78, 5) is 3.98. The summed E-state index contributed by atoms with van der Waals surface area (Å²) in [5.41, 5.74) is 2.01. The summed E-state index contributed by atoms with van der Waals surface area (Å²) < 4.78 is 11.1. The van der Waals surface area contributed by atoms with Crippen LogP contribution in [0, 0.1) is 0 Å². The van der Waals surface area contributed by atoms with Crippen LogP contribution in [0.4, 0.5) is 5.69 Å². The number of hydrogen-bond acceptors (Lipinski definition) is 4. The lowest BCUT2D eigenvalue weighted by atomic mass is 10.0. The molecule has 0 radical (unpaired) electrons. The minimum absolute atomic E-state index is 0.175. The first-order valence-electron chi connectivity index (χ1n) is 6.42. The first kappa shape index (κ1) is 13.1. The van der Waals surface area contributed by atoms with Crippen LogP contribution in [-0.2, 0) is 6.42 Å². The second-order valence-corrected chi connectivity index (χ2v) is 5.07. The van der Waals surface area contributed by atoms with Gasteiger partial charge in [0.1, 0.15) is 6.61 Å². The van der Waals surface area contributed by atoms with Gasteiger partial charge < -0.3 is 14.8 Å². The summed E-state index contributed by atoms with van der Waals surface area (Å²) in [5.74, 6) is 1.62. The molecule has 0 fully saturated rings. The van der Waals surface area contributed by atoms with Crippen molar-refractivity contribution in [1.82, 2.24) is 4.98 Å². The SMILES string of the molecule is COc1cccc2c1OCC(Nc1ccncc1Cl)C2. The maximum absolute atomic E-state index is 6.11. The molecular formula is C15H15ClN2O2. The molecule has 1 aliphatic heterocycles. The molecule has 5 heteroatoms. The number of nitrogens with one attached hydrogen (secondary N) is 1. The first-order chi connectivity index (χ1) is 9.78. The number of ether oxygens (including phenoxy) is 2. The zero-order valence-corrected chi connectivity index (χ0v) is 11.9. The number of hydrogen-bond donors (Lipinski definition) is 1. The highest BCUT2D eigenvalue weighted by Crippen LogP contribution is 2.35. The Morgan fingerprint density at radius 3 is 3.10 bits per heavy atom. The molecule has 0 spiro atoms. The van der Waals surface area contributed by atoms with Crippen LogP contribution in [0.2, 0.25) is 5.02 Å². The lowest BCUT2D eigenvalue weighted by molar-refractivity contribution is 0.256. The van der Waals surface area contributed by atoms with Gasteiger partial charge >= 0.3 is 0 Å². The van der Waals surface area contributed by atoms with Gasteiger partial charge in [0, 0.05) is 18.0 Å². The fraction of sp³-hybridized carbons (Fsp3) is 0.267. The number of benzene rings is 1. The lowest BCUT2D eigenvalue weighted by Crippen LogP contribution is -2.33. The van der Waals surface area contributed by atoms with Crippen molar-refractivity contribution in [3.63, 3.8) is 0 Å². The van der Waals surface area contributed by atoms with Crippen LogP contribution in [0.5, 0.6) is 11.5 Å². The van der Waals surface area contributed by atoms with E-state index in [1.165, 1.54) is 0 Å². The summed E-state index contributed by atoms with van der Waals surface area (Å²) in [6, 6.07) is 7.98. The molecule has 0 bridgehead atoms. The van der Waals surface area contributed by atoms with Crippen molar-refractivity contribution >= 4 is 17.3 Å². The van der Waals surface area contributed by atoms with Gasteiger partial charge in [-0.3, -0.25) is 4.98 Å². The molecule has 1 aromatic carbocycles. The molecule has 0 saturated heterocycles. The molecule has 1 aliphatic rings. The Kier molecular flexibility index (Phi) is 3.65. The van der Waals surface area contributed by atoms with Crippen molar-refractivity contribution in [2.24, 2.45) is 0 Å². The average molecular weight is 291 g/mol. The van der Waals surface area contributed by atoms with Crippen molar-refractivity contribution in [1.29, 1.82) is 0 Å². The van der Waals surface area contributed by atoms with Gasteiger partial charge in [-0.05, 0) is 18.6 Å². The van der Waals surface area contributed by atoms with Gasteiger partial charge in [0.2, 0.25) is 0 Å². The van der Waals surface area contributed by atoms with Gasteiger partial charge in [-0.2, -0.15) is 0 Å². The van der Waals surface area contributed by atoms with Gasteiger partial charge in [-0.15, -0.1) is 0 Å². The van der Waals surface area contributed by atoms with E-state index in [1.54, 1.807) is 19.5 Å². The van der Waals surface area contributed by atoms with E-state index in [9.17, 15) is 0 Å². The van der Waals surface area contributed by atoms with Crippen molar-refractivity contribution in [3.8, 4) is 11.5 Å². The molecule has 1 aromatic heterocycles. The molecule has 2 aromatic rings. The minimum atomic E-state index is 0.175. The normalized spacial score (nSPS) is 17.0. The number of aromatic nitrogens is 1. The van der Waals surface area contributed by atoms with E-state index >= 15 is 0 Å². The topological polar surface area (TPSA) is 43.4 Å². The molecular weight excluding hydrogens is 276 g/mol. The number of methoxy groups -OCH3 is 1. The second-order valence-electron chi connectivity index (χ2n) is 4.66. The van der Waals surface area contributed by atoms with E-state index in [1.807, 2.05) is 18.2 Å². The Hall–Kier alpha value is -1.94. The fourth-order valence-corrected chi connectivity index (χ4v) is 2.53. The molecule has 1 N–H and O–H groups in total. The zero-order valence-electron chi connectivity index (χ0n) is 11.1. The van der Waals surface area contributed by atoms with Crippen LogP contribution in [0.3, 0.4) is 0 Å². The number of fused-ring (bicyclic) bond motifs is 1. The van der Waals surface area contributed by atoms with Crippen LogP contribution >= 0.6 is 11.6 Å². The maximum Gasteiger partial charge on any atom is 0.164 e. The Morgan fingerprint density at radius 2 is 2.30 bits per heavy atom. The highest BCUT2D eigenvalue weighted by molar-refractivity contribution is 6.33. The monoisotopic (exact) mass is 290 g/mol. The Labute approximate surface area is 122 Å². The Bertz CT molecular complexity index is 619. The summed E-state index contributed by atoms with van der Waals surface area (Å²) in [7, 11) is 1.65. The minimum Gasteiger partial charge on any atom is -0.493 e. The third-order valence-electron chi connectivity index (χ3n) is 3.31. The standard InChI is InChI=1S/C15H15ClN2O2/c1-19-14-4-2-3-10-7-11(9-20-15(10)14)18-13-5-6-17-8-12(13)16/h2-6,8,11H,7,9H2,1H3,(H,17,18). The van der Waals surface area contributed by atoms with Gasteiger partial charge in [0.15, 0.2) is 11.5 Å². The molecule has 20 heavy (non-hydrogen) atoms. The molecule has 1 atom stereocenters. The zero-order chi connectivity index (χ0) is 13.9. The number of para-hydroxylation sites is 1. The summed E-state index contributed by atoms with van der Waals surface area (Å²) in [6.45, 7) is 0.575. The first-order valence-corrected chi connectivity index (χ1v) is 6.80. The number of anilines is 1. The van der Waals surface area contributed by atoms with E-state index in [2.05, 4.69) is 16.4 Å². The van der Waals surface area contributed by atoms with Gasteiger partial charge in [0.05, 0.1) is 23.9 Å². The average Bonchev–Trinajstić information content (AvgIpc) is 2.49. The number of halogens is 1. The third kappa shape index (κ3) is 2.51. The van der Waals surface area contributed by atoms with Crippen LogP contribution in [-0.4, -0.2) is 24.7 Å². The van der Waals surface area contributed by atoms with E-state index < -0.39 is 0 Å². The summed E-state index contributed by atoms with van der Waals surface area (Å²) >= 11 is 6.11. The van der Waals surface area contributed by atoms with E-state index in [0.717, 1.165) is 29.2 Å². The number of rotatable bonds is 3. The van der Waals surface area contributed by atoms with Crippen molar-refractivity contribution < 1.29 is 9.47 Å². The van der Waals surface area contributed by atoms with Gasteiger partial charge in [0.25, 0.3) is 0 Å². The number of pyridine rings is 1. The van der Waals surface area contributed by atoms with E-state index in [4.69, 9.17) is 21.1 Å². The fourth-order valence-electron chi connectivity index (χ4n) is 2.36. The predicted octanol–water partition coefficient (Wildman–Crippen LogP) is 3.16. The van der Waals surface area contributed by atoms with Crippen LogP contribution in [0.15, 0.2) is 36.7 Å². The largest absolute Gasteiger partial charge is 0.493 e. The van der Waals surface area contributed by atoms with Crippen molar-refractivity contribution in [2.45, 2.75) is 12.5 Å². The molecule has 0 amide bonds. The molecule has 104 valence electrons. The van der Waals surface area contributed by atoms with E-state index in [0.29, 0.717) is 11.6 Å². The highest BCUT2D eigenvalue weighted by Gasteiger charge is 2.22. The lowest BCUT2D eigenvalue weighted by Gasteiger charge is -2.28. The van der Waals surface area contributed by atoms with Gasteiger partial charge in [-0.25, -0.2) is 0 Å². The quantitative estimate of drug-likeness (QED) is 0.943. The molecule has 0 saturated carbocycles. The second kappa shape index (κ2) is 5.59. The molecule has 0 aliphatic carbocycles. The predicted molar refractivity (Wildman–Crippen MR) is 78.9 cm³/mol. The van der Waals surface area contributed by atoms with Crippen LogP contribution in [0.25, 0.3) is 0 Å². The summed E-state index contributed by atoms with van der Waals surface area (Å²) in [6.07, 6.45) is 4.21. The molecule has 2 heterocycles. The van der Waals surface area contributed by atoms with Crippen LogP contribution in [0.1, 0.15) is 5.56 Å². The Morgan fingerprint density at radius 1 is 1.40 bits per heavy atom. The molecule has 1 unspecified atom stereocenters. The van der Waals surface area contributed by atoms with Crippen molar-refractivity contribution in [3.05, 3.63) is 47.2 Å². The molecule has 4 nitrogen and oxygen atoms in total. The van der Waals surface area contributed by atoms with Crippen LogP contribution < -0.4 is 14.8 Å². The van der Waals surface area contributed by atoms with Gasteiger partial charge in [-0.1, -0.05) is 23.7 Å². The molecule has 3 rings (SSSR count). The van der Waals surface area contributed by atoms with Crippen molar-refractivity contribution in [2.75, 3.05) is 19.0 Å². The smallest absolute Gasteiger partial charge is 0.164 e. The maximum atomic E-state index is 6.11. The third-order valence-corrected chi connectivity index (χ3v) is 3.61. The number of nitrogens with zero attached hydrogens (tertiary/aromatic N) is 1. The highest BCUT2D eigenvalue weighted by atomic mass is 35.5. The summed E-state index contributed by atoms with van der Waals surface area (Å²) in [5, 5.41) is 4.00. The Balaban J connectivity index is 1.78. The van der Waals surface area contributed by atoms with E-state index in [-0.39, 0.29) is 6.04 Å².